The summed E-state index contributed by atoms with van der Waals surface area (Å²) < 4.78 is 5.54. The van der Waals surface area contributed by atoms with Crippen molar-refractivity contribution in [1.29, 1.82) is 0 Å². The monoisotopic (exact) mass is 180 g/mol. The van der Waals surface area contributed by atoms with Gasteiger partial charge < -0.3 is 16.2 Å². The van der Waals surface area contributed by atoms with Crippen molar-refractivity contribution in [2.75, 3.05) is 25.4 Å². The molecule has 0 radical (unpaired) electrons. The minimum Gasteiger partial charge on any atom is -0.477 e. The van der Waals surface area contributed by atoms with Crippen molar-refractivity contribution in [3.63, 3.8) is 0 Å². The van der Waals surface area contributed by atoms with Crippen LogP contribution in [0.1, 0.15) is 0 Å². The van der Waals surface area contributed by atoms with Gasteiger partial charge in [0.05, 0.1) is 0 Å². The highest BCUT2D eigenvalue weighted by Gasteiger charge is 1.94. The van der Waals surface area contributed by atoms with E-state index in [9.17, 15) is 0 Å². The fourth-order valence-corrected chi connectivity index (χ4v) is 1.11. The van der Waals surface area contributed by atoms with E-state index in [-0.39, 0.29) is 0 Å². The fraction of sp³-hybridized carbons (Fsp3) is 0.800. The van der Waals surface area contributed by atoms with E-state index in [2.05, 4.69) is 0 Å². The highest BCUT2D eigenvalue weighted by atomic mass is 32.2. The summed E-state index contributed by atoms with van der Waals surface area (Å²) in [6, 6.07) is 0. The number of rotatable bonds is 4. The van der Waals surface area contributed by atoms with Gasteiger partial charge in [-0.3, -0.25) is 0 Å². The van der Waals surface area contributed by atoms with Crippen molar-refractivity contribution in [2.45, 2.75) is 0 Å². The highest BCUT2D eigenvalue weighted by molar-refractivity contribution is 8.22. The predicted octanol–water partition coefficient (Wildman–Crippen LogP) is -0.0615. The second-order valence-electron chi connectivity index (χ2n) is 1.52. The molecule has 0 spiro atoms. The van der Waals surface area contributed by atoms with Crippen molar-refractivity contribution in [2.24, 2.45) is 11.5 Å². The second kappa shape index (κ2) is 7.27. The quantitative estimate of drug-likeness (QED) is 0.593. The Kier molecular flexibility index (Phi) is 7.39. The topological polar surface area (TPSA) is 61.3 Å². The average Bonchev–Trinajstić information content (AvgIpc) is 1.97. The molecule has 0 amide bonds. The van der Waals surface area contributed by atoms with Gasteiger partial charge in [0.25, 0.3) is 0 Å². The zero-order valence-electron chi connectivity index (χ0n) is 5.71. The summed E-state index contributed by atoms with van der Waals surface area (Å²) in [6.45, 7) is 1.62. The van der Waals surface area contributed by atoms with Crippen LogP contribution in [0, 0.1) is 0 Å². The summed E-state index contributed by atoms with van der Waals surface area (Å²) in [5, 5.41) is 0. The van der Waals surface area contributed by atoms with E-state index in [1.165, 1.54) is 11.8 Å². The first-order valence-electron chi connectivity index (χ1n) is 3.01. The van der Waals surface area contributed by atoms with Gasteiger partial charge in [-0.25, -0.2) is 0 Å². The lowest BCUT2D eigenvalue weighted by molar-refractivity contribution is 0.333. The molecule has 0 aromatic heterocycles. The molecule has 0 aliphatic heterocycles. The zero-order valence-corrected chi connectivity index (χ0v) is 7.34. The van der Waals surface area contributed by atoms with Gasteiger partial charge in [-0.2, -0.15) is 0 Å². The lowest BCUT2D eigenvalue weighted by atomic mass is 10.7. The summed E-state index contributed by atoms with van der Waals surface area (Å²) >= 11 is 6.26. The van der Waals surface area contributed by atoms with E-state index in [4.69, 9.17) is 28.4 Å². The molecule has 0 bridgehead atoms. The smallest absolute Gasteiger partial charge is 0.220 e. The number of thioether (sulfide) groups is 1. The van der Waals surface area contributed by atoms with Crippen molar-refractivity contribution in [3.05, 3.63) is 0 Å². The normalized spacial score (nSPS) is 9.40. The largest absolute Gasteiger partial charge is 0.477 e. The van der Waals surface area contributed by atoms with Crippen LogP contribution in [0.15, 0.2) is 0 Å². The first kappa shape index (κ1) is 10.2. The molecule has 5 heteroatoms. The number of hydrogen-bond donors (Lipinski definition) is 2. The third-order valence-electron chi connectivity index (χ3n) is 0.676. The molecule has 0 aromatic carbocycles. The molecule has 0 rings (SSSR count). The molecule has 60 valence electrons. The molecule has 10 heavy (non-hydrogen) atoms. The zero-order chi connectivity index (χ0) is 7.82. The SMILES string of the molecule is NCCOC(=S)SCCN. The molecule has 0 heterocycles. The Morgan fingerprint density at radius 2 is 2.10 bits per heavy atom. The first-order chi connectivity index (χ1) is 4.81. The van der Waals surface area contributed by atoms with E-state index in [1.807, 2.05) is 0 Å². The Bertz CT molecular complexity index is 89.6. The molecule has 0 saturated carbocycles. The lowest BCUT2D eigenvalue weighted by Crippen LogP contribution is -2.11. The summed E-state index contributed by atoms with van der Waals surface area (Å²) in [7, 11) is 0. The summed E-state index contributed by atoms with van der Waals surface area (Å²) in [5.41, 5.74) is 10.4. The Morgan fingerprint density at radius 3 is 2.60 bits per heavy atom. The number of ether oxygens (including phenoxy) is 1. The van der Waals surface area contributed by atoms with Crippen molar-refractivity contribution >= 4 is 28.4 Å². The number of thiocarbonyl (C=S) groups is 1. The molecule has 0 aliphatic carbocycles. The molecular formula is C5H12N2OS2. The molecule has 0 saturated heterocycles. The third-order valence-corrected chi connectivity index (χ3v) is 1.94. The van der Waals surface area contributed by atoms with Crippen LogP contribution < -0.4 is 11.5 Å². The van der Waals surface area contributed by atoms with Gasteiger partial charge >= 0.3 is 0 Å². The van der Waals surface area contributed by atoms with Gasteiger partial charge in [0.15, 0.2) is 0 Å². The van der Waals surface area contributed by atoms with E-state index in [0.717, 1.165) is 5.75 Å². The maximum atomic E-state index is 5.24. The van der Waals surface area contributed by atoms with E-state index >= 15 is 0 Å². The molecule has 0 aromatic rings. The van der Waals surface area contributed by atoms with Crippen LogP contribution in [-0.2, 0) is 4.74 Å². The van der Waals surface area contributed by atoms with Gasteiger partial charge in [0.1, 0.15) is 6.61 Å². The van der Waals surface area contributed by atoms with Crippen LogP contribution in [0.4, 0.5) is 0 Å². The van der Waals surface area contributed by atoms with Crippen LogP contribution in [0.3, 0.4) is 0 Å². The van der Waals surface area contributed by atoms with E-state index in [0.29, 0.717) is 24.1 Å². The predicted molar refractivity (Wildman–Crippen MR) is 49.1 cm³/mol. The summed E-state index contributed by atoms with van der Waals surface area (Å²) in [4.78, 5) is 0. The number of hydrogen-bond acceptors (Lipinski definition) is 5. The Balaban J connectivity index is 3.09. The Labute approximate surface area is 70.5 Å². The Hall–Kier alpha value is 0.160. The molecule has 4 N–H and O–H groups in total. The highest BCUT2D eigenvalue weighted by Crippen LogP contribution is 2.03. The minimum atomic E-state index is 0.496. The van der Waals surface area contributed by atoms with Crippen molar-refractivity contribution in [3.8, 4) is 0 Å². The average molecular weight is 180 g/mol. The Morgan fingerprint density at radius 1 is 1.40 bits per heavy atom. The maximum absolute atomic E-state index is 5.24. The van der Waals surface area contributed by atoms with Crippen LogP contribution in [-0.4, -0.2) is 29.8 Å². The molecule has 0 aliphatic rings. The van der Waals surface area contributed by atoms with Crippen LogP contribution in [0.25, 0.3) is 0 Å². The first-order valence-corrected chi connectivity index (χ1v) is 4.40. The minimum absolute atomic E-state index is 0.496. The van der Waals surface area contributed by atoms with Gasteiger partial charge in [-0.1, -0.05) is 11.8 Å². The maximum Gasteiger partial charge on any atom is 0.220 e. The van der Waals surface area contributed by atoms with Crippen LogP contribution in [0.2, 0.25) is 0 Å². The fourth-order valence-electron chi connectivity index (χ4n) is 0.326. The number of nitrogens with two attached hydrogens (primary N) is 2. The molecule has 0 fully saturated rings. The summed E-state index contributed by atoms with van der Waals surface area (Å²) in [5.74, 6) is 0.809. The van der Waals surface area contributed by atoms with E-state index in [1.54, 1.807) is 0 Å². The molecule has 0 atom stereocenters. The molecule has 0 unspecified atom stereocenters. The van der Waals surface area contributed by atoms with E-state index < -0.39 is 0 Å². The van der Waals surface area contributed by atoms with Crippen LogP contribution in [0.5, 0.6) is 0 Å². The molecule has 3 nitrogen and oxygen atoms in total. The van der Waals surface area contributed by atoms with Crippen LogP contribution >= 0.6 is 24.0 Å². The van der Waals surface area contributed by atoms with Gasteiger partial charge in [0.2, 0.25) is 4.38 Å². The standard InChI is InChI=1S/C5H12N2OS2/c6-1-3-8-5(9)10-4-2-7/h1-4,6-7H2. The lowest BCUT2D eigenvalue weighted by Gasteiger charge is -2.03. The van der Waals surface area contributed by atoms with Crippen molar-refractivity contribution < 1.29 is 4.74 Å². The molecular weight excluding hydrogens is 168 g/mol. The second-order valence-corrected chi connectivity index (χ2v) is 3.22. The van der Waals surface area contributed by atoms with Gasteiger partial charge in [-0.05, 0) is 12.2 Å². The van der Waals surface area contributed by atoms with Crippen molar-refractivity contribution in [1.82, 2.24) is 0 Å². The summed E-state index contributed by atoms with van der Waals surface area (Å²) in [6.07, 6.45) is 0. The third kappa shape index (κ3) is 6.28. The van der Waals surface area contributed by atoms with Gasteiger partial charge in [-0.15, -0.1) is 0 Å². The van der Waals surface area contributed by atoms with Gasteiger partial charge in [0, 0.05) is 18.8 Å².